The Morgan fingerprint density at radius 3 is 1.42 bits per heavy atom. The van der Waals surface area contributed by atoms with Gasteiger partial charge in [-0.1, -0.05) is 168 Å². The van der Waals surface area contributed by atoms with E-state index in [1.807, 2.05) is 79.3 Å². The largest absolute Gasteiger partial charge is 0.330 e. The molecule has 0 aliphatic heterocycles. The van der Waals surface area contributed by atoms with Gasteiger partial charge in [0, 0.05) is 46.5 Å². The van der Waals surface area contributed by atoms with Gasteiger partial charge in [0.1, 0.15) is 17.5 Å². The number of aromatic nitrogens is 3. The summed E-state index contributed by atoms with van der Waals surface area (Å²) in [6.07, 6.45) is 19.4. The molecule has 0 bridgehead atoms. The molecule has 0 atom stereocenters. The third-order valence-corrected chi connectivity index (χ3v) is 14.3. The summed E-state index contributed by atoms with van der Waals surface area (Å²) < 4.78 is 0. The van der Waals surface area contributed by atoms with Crippen LogP contribution in [0.1, 0.15) is 78.6 Å². The quantitative estimate of drug-likeness (QED) is 0.0918. The van der Waals surface area contributed by atoms with Gasteiger partial charge in [-0.05, 0) is 157 Å². The number of nitrogens with zero attached hydrogens (tertiary/aromatic N) is 5. The minimum Gasteiger partial charge on any atom is -0.330 e. The Morgan fingerprint density at radius 1 is 0.493 bits per heavy atom. The average molecular weight is 921 g/mol. The SMILES string of the molecule is C=C(/C=C\CCN)N(c1ccc2c(c1)C(C)(C)c1cc(/C=C/c3cccc4c(/C=C/c5ccc6c(c5)C(C)(C)c5cc(N(c7ccccn7)c7ccccn7)ccc5-6)cccc34)ccc1-2)c1ccccn1. The Morgan fingerprint density at radius 2 is 0.944 bits per heavy atom. The first-order valence-corrected chi connectivity index (χ1v) is 24.5. The van der Waals surface area contributed by atoms with E-state index in [9.17, 15) is 0 Å². The Bertz CT molecular complexity index is 3530. The van der Waals surface area contributed by atoms with Crippen LogP contribution in [0.4, 0.5) is 28.8 Å². The van der Waals surface area contributed by atoms with Crippen molar-refractivity contribution in [1.82, 2.24) is 15.0 Å². The number of anilines is 5. The first kappa shape index (κ1) is 45.0. The molecule has 2 aliphatic carbocycles. The number of nitrogens with two attached hydrogens (primary N) is 1. The number of hydrogen-bond donors (Lipinski definition) is 1. The smallest absolute Gasteiger partial charge is 0.138 e. The van der Waals surface area contributed by atoms with Crippen molar-refractivity contribution in [3.8, 4) is 22.3 Å². The molecule has 3 heterocycles. The molecule has 2 aliphatic rings. The minimum atomic E-state index is -0.220. The van der Waals surface area contributed by atoms with E-state index in [4.69, 9.17) is 20.7 Å². The van der Waals surface area contributed by atoms with E-state index < -0.39 is 0 Å². The van der Waals surface area contributed by atoms with Crippen LogP contribution in [0.25, 0.3) is 57.3 Å². The molecule has 0 saturated heterocycles. The van der Waals surface area contributed by atoms with E-state index in [-0.39, 0.29) is 10.8 Å². The predicted molar refractivity (Wildman–Crippen MR) is 298 cm³/mol. The standard InChI is InChI=1S/C65H56N6/c1-44(16-6-10-36-66)70(61-21-7-11-37-67-61)49-30-34-55-53-32-26-45(40-57(53)64(2,3)59(55)42-49)24-28-47-17-14-20-52-48(18-15-19-51(47)52)29-25-46-27-33-54-56-35-31-50(43-60(56)65(4,5)58(54)41-46)71(62-22-8-12-38-68-62)63-23-9-13-39-69-63/h6-9,11-35,37-43H,1,10,36,66H2,2-5H3/b16-6-,28-24+,29-25+. The first-order chi connectivity index (χ1) is 34.6. The molecule has 0 saturated carbocycles. The highest BCUT2D eigenvalue weighted by Crippen LogP contribution is 2.52. The van der Waals surface area contributed by atoms with E-state index in [0.717, 1.165) is 40.9 Å². The summed E-state index contributed by atoms with van der Waals surface area (Å²) in [5, 5.41) is 2.44. The van der Waals surface area contributed by atoms with Gasteiger partial charge in [-0.2, -0.15) is 0 Å². The summed E-state index contributed by atoms with van der Waals surface area (Å²) in [7, 11) is 0. The molecule has 0 unspecified atom stereocenters. The minimum absolute atomic E-state index is 0.214. The second kappa shape index (κ2) is 18.5. The van der Waals surface area contributed by atoms with E-state index in [1.54, 1.807) is 0 Å². The van der Waals surface area contributed by atoms with Gasteiger partial charge in [-0.3, -0.25) is 9.80 Å². The van der Waals surface area contributed by atoms with Crippen LogP contribution < -0.4 is 15.5 Å². The lowest BCUT2D eigenvalue weighted by atomic mass is 9.81. The molecule has 0 amide bonds. The molecule has 0 fully saturated rings. The van der Waals surface area contributed by atoms with Gasteiger partial charge in [0.15, 0.2) is 0 Å². The van der Waals surface area contributed by atoms with E-state index >= 15 is 0 Å². The number of hydrogen-bond acceptors (Lipinski definition) is 6. The first-order valence-electron chi connectivity index (χ1n) is 24.5. The maximum atomic E-state index is 5.80. The zero-order valence-electron chi connectivity index (χ0n) is 40.7. The van der Waals surface area contributed by atoms with Crippen LogP contribution in [-0.4, -0.2) is 21.5 Å². The fourth-order valence-electron chi connectivity index (χ4n) is 10.7. The maximum absolute atomic E-state index is 5.80. The molecule has 346 valence electrons. The molecule has 6 aromatic carbocycles. The topological polar surface area (TPSA) is 71.2 Å². The van der Waals surface area contributed by atoms with E-state index in [0.29, 0.717) is 6.54 Å². The van der Waals surface area contributed by atoms with E-state index in [2.05, 4.69) is 184 Å². The Labute approximate surface area is 417 Å². The number of allylic oxidation sites excluding steroid dienone is 1. The van der Waals surface area contributed by atoms with Crippen molar-refractivity contribution in [2.24, 2.45) is 5.73 Å². The fourth-order valence-corrected chi connectivity index (χ4v) is 10.7. The van der Waals surface area contributed by atoms with Crippen molar-refractivity contribution in [3.05, 3.63) is 251 Å². The fraction of sp³-hybridized carbons (Fsp3) is 0.123. The Kier molecular flexibility index (Phi) is 11.7. The lowest BCUT2D eigenvalue weighted by Gasteiger charge is -2.27. The molecule has 6 nitrogen and oxygen atoms in total. The highest BCUT2D eigenvalue weighted by Gasteiger charge is 2.38. The van der Waals surface area contributed by atoms with Gasteiger partial charge in [0.2, 0.25) is 0 Å². The molecule has 0 spiro atoms. The second-order valence-corrected chi connectivity index (χ2v) is 19.5. The maximum Gasteiger partial charge on any atom is 0.138 e. The summed E-state index contributed by atoms with van der Waals surface area (Å²) in [6, 6.07) is 58.5. The van der Waals surface area contributed by atoms with Crippen molar-refractivity contribution in [3.63, 3.8) is 0 Å². The summed E-state index contributed by atoms with van der Waals surface area (Å²) >= 11 is 0. The molecule has 71 heavy (non-hydrogen) atoms. The van der Waals surface area contributed by atoms with Gasteiger partial charge in [-0.15, -0.1) is 0 Å². The lowest BCUT2D eigenvalue weighted by Crippen LogP contribution is -2.18. The van der Waals surface area contributed by atoms with Gasteiger partial charge in [-0.25, -0.2) is 15.0 Å². The molecule has 6 heteroatoms. The van der Waals surface area contributed by atoms with Crippen molar-refractivity contribution < 1.29 is 0 Å². The molecular weight excluding hydrogens is 865 g/mol. The second-order valence-electron chi connectivity index (χ2n) is 19.5. The summed E-state index contributed by atoms with van der Waals surface area (Å²) in [5.41, 5.74) is 23.3. The van der Waals surface area contributed by atoms with Crippen molar-refractivity contribution in [2.45, 2.75) is 44.9 Å². The van der Waals surface area contributed by atoms with Crippen molar-refractivity contribution in [2.75, 3.05) is 16.3 Å². The monoisotopic (exact) mass is 920 g/mol. The van der Waals surface area contributed by atoms with Crippen LogP contribution in [0.3, 0.4) is 0 Å². The summed E-state index contributed by atoms with van der Waals surface area (Å²) in [4.78, 5) is 18.4. The van der Waals surface area contributed by atoms with Crippen LogP contribution in [0, 0.1) is 0 Å². The van der Waals surface area contributed by atoms with Crippen LogP contribution >= 0.6 is 0 Å². The van der Waals surface area contributed by atoms with Gasteiger partial charge in [0.25, 0.3) is 0 Å². The number of benzene rings is 6. The van der Waals surface area contributed by atoms with Gasteiger partial charge in [0.05, 0.1) is 0 Å². The molecule has 0 radical (unpaired) electrons. The van der Waals surface area contributed by atoms with Crippen LogP contribution in [0.2, 0.25) is 0 Å². The molecule has 3 aromatic heterocycles. The van der Waals surface area contributed by atoms with Crippen LogP contribution in [0.15, 0.2) is 207 Å². The van der Waals surface area contributed by atoms with Crippen LogP contribution in [-0.2, 0) is 10.8 Å². The molecule has 9 aromatic rings. The molecular formula is C65H56N6. The van der Waals surface area contributed by atoms with Gasteiger partial charge >= 0.3 is 0 Å². The predicted octanol–water partition coefficient (Wildman–Crippen LogP) is 16.0. The summed E-state index contributed by atoms with van der Waals surface area (Å²) in [6.45, 7) is 14.4. The normalized spacial score (nSPS) is 13.9. The Balaban J connectivity index is 0.845. The van der Waals surface area contributed by atoms with E-state index in [1.165, 1.54) is 77.5 Å². The average Bonchev–Trinajstić information content (AvgIpc) is 3.76. The zero-order valence-corrected chi connectivity index (χ0v) is 40.7. The summed E-state index contributed by atoms with van der Waals surface area (Å²) in [5.74, 6) is 2.48. The van der Waals surface area contributed by atoms with Gasteiger partial charge < -0.3 is 5.73 Å². The highest BCUT2D eigenvalue weighted by molar-refractivity contribution is 5.99. The number of fused-ring (bicyclic) bond motifs is 7. The third kappa shape index (κ3) is 8.26. The van der Waals surface area contributed by atoms with Crippen LogP contribution in [0.5, 0.6) is 0 Å². The Hall–Kier alpha value is -8.45. The number of pyridine rings is 3. The molecule has 2 N–H and O–H groups in total. The number of rotatable bonds is 13. The third-order valence-electron chi connectivity index (χ3n) is 14.3. The van der Waals surface area contributed by atoms with Crippen molar-refractivity contribution >= 4 is 63.9 Å². The lowest BCUT2D eigenvalue weighted by molar-refractivity contribution is 0.660. The van der Waals surface area contributed by atoms with Crippen molar-refractivity contribution in [1.29, 1.82) is 0 Å². The zero-order chi connectivity index (χ0) is 48.7. The molecule has 11 rings (SSSR count). The highest BCUT2D eigenvalue weighted by atomic mass is 15.2.